The largest absolute Gasteiger partial charge is 0.508 e. The molecule has 0 saturated carbocycles. The van der Waals surface area contributed by atoms with Crippen molar-refractivity contribution >= 4 is 28.4 Å². The molecular weight excluding hydrogens is 328 g/mol. The lowest BCUT2D eigenvalue weighted by atomic mass is 10.1. The maximum absolute atomic E-state index is 10.7. The molecule has 0 bridgehead atoms. The Labute approximate surface area is 141 Å². The standard InChI is InChI=1S/C16H12N4O3S/c21-14-7-1-11(2-8-14)9-17-19-16-18-15(10-24-16)12-3-5-13(6-4-12)20(22)23/h1-10,21H,(H,18,19)/b17-9+. The first kappa shape index (κ1) is 15.6. The number of hydrogen-bond acceptors (Lipinski definition) is 7. The fourth-order valence-corrected chi connectivity index (χ4v) is 2.60. The van der Waals surface area contributed by atoms with Gasteiger partial charge in [0.2, 0.25) is 5.13 Å². The van der Waals surface area contributed by atoms with Gasteiger partial charge in [-0.25, -0.2) is 4.98 Å². The number of phenols is 1. The molecule has 7 nitrogen and oxygen atoms in total. The third-order valence-corrected chi connectivity index (χ3v) is 3.89. The Bertz CT molecular complexity index is 873. The Morgan fingerprint density at radius 1 is 1.17 bits per heavy atom. The van der Waals surface area contributed by atoms with Crippen molar-refractivity contribution in [2.24, 2.45) is 5.10 Å². The van der Waals surface area contributed by atoms with E-state index in [9.17, 15) is 15.2 Å². The van der Waals surface area contributed by atoms with Crippen LogP contribution in [0.3, 0.4) is 0 Å². The number of hydrazone groups is 1. The van der Waals surface area contributed by atoms with Crippen molar-refractivity contribution in [2.45, 2.75) is 0 Å². The predicted octanol–water partition coefficient (Wildman–Crippen LogP) is 3.87. The highest BCUT2D eigenvalue weighted by Crippen LogP contribution is 2.26. The summed E-state index contributed by atoms with van der Waals surface area (Å²) in [5.74, 6) is 0.202. The van der Waals surface area contributed by atoms with Crippen LogP contribution < -0.4 is 5.43 Å². The van der Waals surface area contributed by atoms with Crippen LogP contribution in [0.2, 0.25) is 0 Å². The number of nitro benzene ring substituents is 1. The first-order valence-electron chi connectivity index (χ1n) is 6.90. The van der Waals surface area contributed by atoms with Gasteiger partial charge in [0.15, 0.2) is 0 Å². The summed E-state index contributed by atoms with van der Waals surface area (Å²) in [7, 11) is 0. The summed E-state index contributed by atoms with van der Waals surface area (Å²) in [4.78, 5) is 14.6. The van der Waals surface area contributed by atoms with E-state index in [4.69, 9.17) is 0 Å². The summed E-state index contributed by atoms with van der Waals surface area (Å²) in [6.45, 7) is 0. The number of aromatic nitrogens is 1. The van der Waals surface area contributed by atoms with E-state index >= 15 is 0 Å². The second-order valence-electron chi connectivity index (χ2n) is 4.80. The molecule has 3 rings (SSSR count). The topological polar surface area (TPSA) is 101 Å². The van der Waals surface area contributed by atoms with Gasteiger partial charge >= 0.3 is 0 Å². The van der Waals surface area contributed by atoms with Crippen LogP contribution in [-0.2, 0) is 0 Å². The van der Waals surface area contributed by atoms with Gasteiger partial charge in [-0.3, -0.25) is 15.5 Å². The van der Waals surface area contributed by atoms with E-state index in [2.05, 4.69) is 15.5 Å². The first-order chi connectivity index (χ1) is 11.6. The van der Waals surface area contributed by atoms with Crippen LogP contribution in [0.15, 0.2) is 59.0 Å². The van der Waals surface area contributed by atoms with Gasteiger partial charge in [-0.2, -0.15) is 5.10 Å². The molecule has 1 heterocycles. The van der Waals surface area contributed by atoms with Crippen LogP contribution in [0.4, 0.5) is 10.8 Å². The third-order valence-electron chi connectivity index (χ3n) is 3.14. The SMILES string of the molecule is O=[N+]([O-])c1ccc(-c2csc(N/N=C/c3ccc(O)cc3)n2)cc1. The zero-order valence-corrected chi connectivity index (χ0v) is 13.1. The van der Waals surface area contributed by atoms with Crippen molar-refractivity contribution < 1.29 is 10.0 Å². The summed E-state index contributed by atoms with van der Waals surface area (Å²) in [5.41, 5.74) is 5.24. The van der Waals surface area contributed by atoms with E-state index < -0.39 is 4.92 Å². The molecule has 120 valence electrons. The number of non-ortho nitro benzene ring substituents is 1. The van der Waals surface area contributed by atoms with E-state index in [1.807, 2.05) is 5.38 Å². The molecule has 2 N–H and O–H groups in total. The van der Waals surface area contributed by atoms with Gasteiger partial charge in [0, 0.05) is 23.1 Å². The van der Waals surface area contributed by atoms with Gasteiger partial charge in [-0.05, 0) is 42.0 Å². The van der Waals surface area contributed by atoms with Crippen LogP contribution >= 0.6 is 11.3 Å². The number of aromatic hydroxyl groups is 1. The molecule has 0 radical (unpaired) electrons. The number of phenolic OH excluding ortho intramolecular Hbond substituents is 1. The molecule has 2 aromatic carbocycles. The summed E-state index contributed by atoms with van der Waals surface area (Å²) < 4.78 is 0. The monoisotopic (exact) mass is 340 g/mol. The average molecular weight is 340 g/mol. The van der Waals surface area contributed by atoms with Gasteiger partial charge < -0.3 is 5.11 Å². The lowest BCUT2D eigenvalue weighted by molar-refractivity contribution is -0.384. The number of thiazole rings is 1. The summed E-state index contributed by atoms with van der Waals surface area (Å²) in [5, 5.41) is 26.4. The highest BCUT2D eigenvalue weighted by Gasteiger charge is 2.07. The molecule has 8 heteroatoms. The summed E-state index contributed by atoms with van der Waals surface area (Å²) in [6.07, 6.45) is 1.62. The van der Waals surface area contributed by atoms with Crippen molar-refractivity contribution in [3.05, 3.63) is 69.6 Å². The summed E-state index contributed by atoms with van der Waals surface area (Å²) >= 11 is 1.38. The van der Waals surface area contributed by atoms with Crippen molar-refractivity contribution in [1.29, 1.82) is 0 Å². The predicted molar refractivity (Wildman–Crippen MR) is 93.5 cm³/mol. The minimum Gasteiger partial charge on any atom is -0.508 e. The highest BCUT2D eigenvalue weighted by atomic mass is 32.1. The van der Waals surface area contributed by atoms with Gasteiger partial charge in [0.25, 0.3) is 5.69 Å². The molecule has 0 spiro atoms. The second-order valence-corrected chi connectivity index (χ2v) is 5.66. The van der Waals surface area contributed by atoms with Crippen LogP contribution in [0.5, 0.6) is 5.75 Å². The second kappa shape index (κ2) is 6.88. The molecule has 1 aromatic heterocycles. The van der Waals surface area contributed by atoms with E-state index in [1.165, 1.54) is 23.5 Å². The zero-order valence-electron chi connectivity index (χ0n) is 12.3. The molecule has 0 aliphatic heterocycles. The molecule has 0 fully saturated rings. The normalized spacial score (nSPS) is 10.8. The Morgan fingerprint density at radius 2 is 1.88 bits per heavy atom. The van der Waals surface area contributed by atoms with Crippen molar-refractivity contribution in [3.8, 4) is 17.0 Å². The van der Waals surface area contributed by atoms with Crippen molar-refractivity contribution in [3.63, 3.8) is 0 Å². The van der Waals surface area contributed by atoms with Gasteiger partial charge in [-0.15, -0.1) is 11.3 Å². The van der Waals surface area contributed by atoms with Crippen LogP contribution in [0.25, 0.3) is 11.3 Å². The molecule has 24 heavy (non-hydrogen) atoms. The quantitative estimate of drug-likeness (QED) is 0.417. The number of nitro groups is 1. The Kier molecular flexibility index (Phi) is 4.48. The fraction of sp³-hybridized carbons (Fsp3) is 0. The molecule has 0 amide bonds. The minimum atomic E-state index is -0.435. The number of benzene rings is 2. The van der Waals surface area contributed by atoms with Crippen LogP contribution in [0, 0.1) is 10.1 Å². The Balaban J connectivity index is 1.67. The molecular formula is C16H12N4O3S. The number of nitrogens with zero attached hydrogens (tertiary/aromatic N) is 3. The van der Waals surface area contributed by atoms with Crippen molar-refractivity contribution in [1.82, 2.24) is 4.98 Å². The van der Waals surface area contributed by atoms with Gasteiger partial charge in [0.05, 0.1) is 16.8 Å². The fourth-order valence-electron chi connectivity index (χ4n) is 1.93. The highest BCUT2D eigenvalue weighted by molar-refractivity contribution is 7.14. The summed E-state index contributed by atoms with van der Waals surface area (Å²) in [6, 6.07) is 12.9. The Morgan fingerprint density at radius 3 is 2.54 bits per heavy atom. The van der Waals surface area contributed by atoms with E-state index in [1.54, 1.807) is 42.6 Å². The maximum atomic E-state index is 10.7. The lowest BCUT2D eigenvalue weighted by Crippen LogP contribution is -1.90. The minimum absolute atomic E-state index is 0.0471. The molecule has 0 unspecified atom stereocenters. The molecule has 0 aliphatic rings. The lowest BCUT2D eigenvalue weighted by Gasteiger charge is -1.97. The molecule has 3 aromatic rings. The number of anilines is 1. The molecule has 0 saturated heterocycles. The van der Waals surface area contributed by atoms with E-state index in [0.717, 1.165) is 16.8 Å². The van der Waals surface area contributed by atoms with E-state index in [0.29, 0.717) is 5.13 Å². The molecule has 0 aliphatic carbocycles. The maximum Gasteiger partial charge on any atom is 0.269 e. The van der Waals surface area contributed by atoms with Gasteiger partial charge in [0.1, 0.15) is 5.75 Å². The van der Waals surface area contributed by atoms with Gasteiger partial charge in [-0.1, -0.05) is 0 Å². The Hall–Kier alpha value is -3.26. The number of hydrogen-bond donors (Lipinski definition) is 2. The van der Waals surface area contributed by atoms with Crippen LogP contribution in [0.1, 0.15) is 5.56 Å². The van der Waals surface area contributed by atoms with E-state index in [-0.39, 0.29) is 11.4 Å². The van der Waals surface area contributed by atoms with Crippen LogP contribution in [-0.4, -0.2) is 21.2 Å². The zero-order chi connectivity index (χ0) is 16.9. The van der Waals surface area contributed by atoms with Crippen molar-refractivity contribution in [2.75, 3.05) is 5.43 Å². The molecule has 0 atom stereocenters. The third kappa shape index (κ3) is 3.73. The first-order valence-corrected chi connectivity index (χ1v) is 7.78. The number of rotatable bonds is 5. The average Bonchev–Trinajstić information content (AvgIpc) is 3.06. The smallest absolute Gasteiger partial charge is 0.269 e. The number of nitrogens with one attached hydrogen (secondary N) is 1.